The lowest BCUT2D eigenvalue weighted by Gasteiger charge is -2.58. The zero-order chi connectivity index (χ0) is 22.4. The van der Waals surface area contributed by atoms with Gasteiger partial charge in [0.15, 0.2) is 0 Å². The molecule has 30 heavy (non-hydrogen) atoms. The van der Waals surface area contributed by atoms with E-state index in [4.69, 9.17) is 0 Å². The molecule has 0 bridgehead atoms. The van der Waals surface area contributed by atoms with Crippen LogP contribution in [-0.2, 0) is 0 Å². The van der Waals surface area contributed by atoms with Gasteiger partial charge in [-0.3, -0.25) is 0 Å². The standard InChI is InChI=1S/C30H50/c1-23(2)13-9-14-24(3)15-10-16-25(4)17-11-18-27-26(5)19-20-28-29(6,7)21-12-22-30(27,28)8/h13,15,17,27-28H,5,9-12,14,16,18-22H2,1-4,6-8H3/b24-15+,25-17+/t27-,28+,30+/m0/s1. The lowest BCUT2D eigenvalue weighted by molar-refractivity contribution is -0.0537. The summed E-state index contributed by atoms with van der Waals surface area (Å²) in [5.74, 6) is 1.59. The molecule has 2 fully saturated rings. The van der Waals surface area contributed by atoms with E-state index >= 15 is 0 Å². The first kappa shape index (κ1) is 25.2. The summed E-state index contributed by atoms with van der Waals surface area (Å²) in [6.45, 7) is 21.2. The predicted octanol–water partition coefficient (Wildman–Crippen LogP) is 9.98. The van der Waals surface area contributed by atoms with Crippen molar-refractivity contribution in [2.45, 2.75) is 119 Å². The second-order valence-electron chi connectivity index (χ2n) is 11.7. The minimum absolute atomic E-state index is 0.476. The van der Waals surface area contributed by atoms with Gasteiger partial charge in [0.2, 0.25) is 0 Å². The summed E-state index contributed by atoms with van der Waals surface area (Å²) in [5.41, 5.74) is 7.07. The molecule has 0 radical (unpaired) electrons. The van der Waals surface area contributed by atoms with Gasteiger partial charge in [-0.1, -0.05) is 74.3 Å². The summed E-state index contributed by atoms with van der Waals surface area (Å²) in [6.07, 6.45) is 21.5. The normalized spacial score (nSPS) is 29.5. The van der Waals surface area contributed by atoms with Crippen LogP contribution in [0, 0.1) is 22.7 Å². The van der Waals surface area contributed by atoms with Crippen LogP contribution in [0.4, 0.5) is 0 Å². The fourth-order valence-electron chi connectivity index (χ4n) is 6.64. The summed E-state index contributed by atoms with van der Waals surface area (Å²) in [5, 5.41) is 0. The Morgan fingerprint density at radius 2 is 1.50 bits per heavy atom. The maximum Gasteiger partial charge on any atom is -0.0146 e. The molecule has 0 N–H and O–H groups in total. The minimum Gasteiger partial charge on any atom is -0.0996 e. The molecule has 0 spiro atoms. The van der Waals surface area contributed by atoms with Crippen LogP contribution in [0.25, 0.3) is 0 Å². The van der Waals surface area contributed by atoms with Crippen molar-refractivity contribution < 1.29 is 0 Å². The number of fused-ring (bicyclic) bond motifs is 1. The van der Waals surface area contributed by atoms with Crippen LogP contribution in [0.3, 0.4) is 0 Å². The average Bonchev–Trinajstić information content (AvgIpc) is 2.63. The molecule has 0 aromatic carbocycles. The summed E-state index contributed by atoms with van der Waals surface area (Å²) >= 11 is 0. The Morgan fingerprint density at radius 1 is 0.900 bits per heavy atom. The molecule has 0 saturated heterocycles. The third-order valence-corrected chi connectivity index (χ3v) is 8.39. The summed E-state index contributed by atoms with van der Waals surface area (Å²) in [6, 6.07) is 0. The number of allylic oxidation sites excluding steroid dienone is 7. The Hall–Kier alpha value is -1.04. The predicted molar refractivity (Wildman–Crippen MR) is 136 cm³/mol. The molecule has 3 atom stereocenters. The van der Waals surface area contributed by atoms with Crippen molar-refractivity contribution in [2.75, 3.05) is 0 Å². The fraction of sp³-hybridized carbons (Fsp3) is 0.733. The van der Waals surface area contributed by atoms with Gasteiger partial charge < -0.3 is 0 Å². The lowest BCUT2D eigenvalue weighted by Crippen LogP contribution is -2.49. The van der Waals surface area contributed by atoms with Crippen LogP contribution in [0.15, 0.2) is 47.1 Å². The van der Waals surface area contributed by atoms with Crippen LogP contribution in [-0.4, -0.2) is 0 Å². The highest BCUT2D eigenvalue weighted by Gasteiger charge is 2.52. The molecule has 0 unspecified atom stereocenters. The van der Waals surface area contributed by atoms with Gasteiger partial charge in [-0.15, -0.1) is 0 Å². The summed E-state index contributed by atoms with van der Waals surface area (Å²) in [4.78, 5) is 0. The largest absolute Gasteiger partial charge is 0.0996 e. The van der Waals surface area contributed by atoms with E-state index in [1.807, 2.05) is 0 Å². The molecule has 0 heteroatoms. The SMILES string of the molecule is C=C1CC[C@@H]2C(C)(C)CCC[C@]2(C)[C@H]1CC/C=C(\C)CC/C=C(\C)CCC=C(C)C. The van der Waals surface area contributed by atoms with Crippen molar-refractivity contribution in [3.05, 3.63) is 47.1 Å². The highest BCUT2D eigenvalue weighted by Crippen LogP contribution is 2.61. The Balaban J connectivity index is 1.85. The van der Waals surface area contributed by atoms with Crippen molar-refractivity contribution in [2.24, 2.45) is 22.7 Å². The van der Waals surface area contributed by atoms with E-state index in [0.29, 0.717) is 10.8 Å². The highest BCUT2D eigenvalue weighted by molar-refractivity contribution is 5.16. The average molecular weight is 411 g/mol. The van der Waals surface area contributed by atoms with Crippen LogP contribution < -0.4 is 0 Å². The van der Waals surface area contributed by atoms with Crippen molar-refractivity contribution in [3.8, 4) is 0 Å². The second-order valence-corrected chi connectivity index (χ2v) is 11.7. The molecule has 0 heterocycles. The van der Waals surface area contributed by atoms with Gasteiger partial charge in [0.25, 0.3) is 0 Å². The van der Waals surface area contributed by atoms with Crippen molar-refractivity contribution in [3.63, 3.8) is 0 Å². The molecule has 2 saturated carbocycles. The van der Waals surface area contributed by atoms with Gasteiger partial charge in [-0.25, -0.2) is 0 Å². The van der Waals surface area contributed by atoms with Crippen LogP contribution in [0.1, 0.15) is 119 Å². The van der Waals surface area contributed by atoms with E-state index in [2.05, 4.69) is 73.3 Å². The van der Waals surface area contributed by atoms with Crippen LogP contribution >= 0.6 is 0 Å². The van der Waals surface area contributed by atoms with Crippen molar-refractivity contribution >= 4 is 0 Å². The van der Waals surface area contributed by atoms with Crippen LogP contribution in [0.2, 0.25) is 0 Å². The Bertz CT molecular complexity index is 664. The fourth-order valence-corrected chi connectivity index (χ4v) is 6.64. The third-order valence-electron chi connectivity index (χ3n) is 8.39. The van der Waals surface area contributed by atoms with E-state index in [1.54, 1.807) is 11.1 Å². The molecule has 0 aliphatic heterocycles. The molecular formula is C30H50. The third kappa shape index (κ3) is 6.73. The van der Waals surface area contributed by atoms with Gasteiger partial charge in [0.1, 0.15) is 0 Å². The number of hydrogen-bond acceptors (Lipinski definition) is 0. The molecule has 0 aromatic heterocycles. The van der Waals surface area contributed by atoms with Gasteiger partial charge in [0.05, 0.1) is 0 Å². The molecular weight excluding hydrogens is 360 g/mol. The molecule has 0 nitrogen and oxygen atoms in total. The molecule has 170 valence electrons. The monoisotopic (exact) mass is 410 g/mol. The first-order chi connectivity index (χ1) is 14.1. The van der Waals surface area contributed by atoms with Crippen molar-refractivity contribution in [1.29, 1.82) is 0 Å². The number of rotatable bonds is 9. The second kappa shape index (κ2) is 11.0. The molecule has 2 aliphatic carbocycles. The Labute approximate surface area is 189 Å². The molecule has 0 aromatic rings. The summed E-state index contributed by atoms with van der Waals surface area (Å²) in [7, 11) is 0. The highest BCUT2D eigenvalue weighted by atomic mass is 14.6. The van der Waals surface area contributed by atoms with Gasteiger partial charge in [-0.2, -0.15) is 0 Å². The topological polar surface area (TPSA) is 0 Å². The quantitative estimate of drug-likeness (QED) is 0.332. The van der Waals surface area contributed by atoms with Gasteiger partial charge in [0, 0.05) is 0 Å². The van der Waals surface area contributed by atoms with E-state index in [9.17, 15) is 0 Å². The summed E-state index contributed by atoms with van der Waals surface area (Å²) < 4.78 is 0. The molecule has 2 rings (SSSR count). The van der Waals surface area contributed by atoms with E-state index in [-0.39, 0.29) is 0 Å². The van der Waals surface area contributed by atoms with Crippen molar-refractivity contribution in [1.82, 2.24) is 0 Å². The van der Waals surface area contributed by atoms with Gasteiger partial charge in [-0.05, 0) is 115 Å². The first-order valence-corrected chi connectivity index (χ1v) is 12.7. The maximum absolute atomic E-state index is 4.55. The minimum atomic E-state index is 0.476. The molecule has 0 amide bonds. The van der Waals surface area contributed by atoms with E-state index in [0.717, 1.165) is 11.8 Å². The Kier molecular flexibility index (Phi) is 9.26. The Morgan fingerprint density at radius 3 is 2.13 bits per heavy atom. The van der Waals surface area contributed by atoms with Gasteiger partial charge >= 0.3 is 0 Å². The molecule has 2 aliphatic rings. The zero-order valence-electron chi connectivity index (χ0n) is 21.4. The maximum atomic E-state index is 4.55. The zero-order valence-corrected chi connectivity index (χ0v) is 21.4. The lowest BCUT2D eigenvalue weighted by atomic mass is 9.47. The van der Waals surface area contributed by atoms with E-state index < -0.39 is 0 Å². The smallest absolute Gasteiger partial charge is 0.0146 e. The number of hydrogen-bond donors (Lipinski definition) is 0. The van der Waals surface area contributed by atoms with Crippen LogP contribution in [0.5, 0.6) is 0 Å². The van der Waals surface area contributed by atoms with E-state index in [1.165, 1.54) is 81.8 Å². The first-order valence-electron chi connectivity index (χ1n) is 12.7.